The van der Waals surface area contributed by atoms with Crippen LogP contribution in [-0.4, -0.2) is 13.1 Å². The summed E-state index contributed by atoms with van der Waals surface area (Å²) in [6.45, 7) is 0.0579. The third-order valence-corrected chi connectivity index (χ3v) is 3.83. The zero-order chi connectivity index (χ0) is 16.8. The third kappa shape index (κ3) is 4.81. The number of ether oxygens (including phenoxy) is 2. The summed E-state index contributed by atoms with van der Waals surface area (Å²) in [5, 5.41) is 0.347. The number of benzene rings is 2. The Bertz CT molecular complexity index is 723. The van der Waals surface area contributed by atoms with Crippen LogP contribution in [0.4, 0.5) is 4.39 Å². The summed E-state index contributed by atoms with van der Waals surface area (Å²) in [6, 6.07) is 9.74. The molecule has 120 valence electrons. The standard InChI is InChI=1S/C17H13BrClFO3/c1-22-16(21)7-6-11-8-13(18)17(14(19)9-11)23-10-12-4-2-3-5-15(12)20/h2-9H,10H2,1H3/b7-6+. The van der Waals surface area contributed by atoms with E-state index in [1.54, 1.807) is 36.4 Å². The lowest BCUT2D eigenvalue weighted by Gasteiger charge is -2.11. The van der Waals surface area contributed by atoms with Crippen molar-refractivity contribution in [3.05, 3.63) is 68.9 Å². The summed E-state index contributed by atoms with van der Waals surface area (Å²) < 4.78 is 24.3. The van der Waals surface area contributed by atoms with Crippen LogP contribution in [0.15, 0.2) is 46.9 Å². The van der Waals surface area contributed by atoms with Crippen molar-refractivity contribution >= 4 is 39.6 Å². The third-order valence-electron chi connectivity index (χ3n) is 2.96. The Hall–Kier alpha value is -1.85. The zero-order valence-electron chi connectivity index (χ0n) is 12.2. The normalized spacial score (nSPS) is 10.8. The number of hydrogen-bond donors (Lipinski definition) is 0. The van der Waals surface area contributed by atoms with E-state index < -0.39 is 5.97 Å². The van der Waals surface area contributed by atoms with E-state index in [1.807, 2.05) is 0 Å². The molecule has 0 aromatic heterocycles. The fourth-order valence-corrected chi connectivity index (χ4v) is 2.80. The molecule has 0 saturated heterocycles. The van der Waals surface area contributed by atoms with E-state index in [9.17, 15) is 9.18 Å². The van der Waals surface area contributed by atoms with Crippen LogP contribution in [-0.2, 0) is 16.1 Å². The maximum atomic E-state index is 13.6. The summed E-state index contributed by atoms with van der Waals surface area (Å²) in [4.78, 5) is 11.1. The van der Waals surface area contributed by atoms with Crippen molar-refractivity contribution < 1.29 is 18.7 Å². The second-order valence-corrected chi connectivity index (χ2v) is 5.81. The zero-order valence-corrected chi connectivity index (χ0v) is 14.5. The van der Waals surface area contributed by atoms with Crippen LogP contribution in [0.3, 0.4) is 0 Å². The lowest BCUT2D eigenvalue weighted by Crippen LogP contribution is -1.99. The van der Waals surface area contributed by atoms with Crippen LogP contribution in [0.25, 0.3) is 6.08 Å². The van der Waals surface area contributed by atoms with Crippen molar-refractivity contribution in [2.75, 3.05) is 7.11 Å². The smallest absolute Gasteiger partial charge is 0.330 e. The molecule has 0 atom stereocenters. The summed E-state index contributed by atoms with van der Waals surface area (Å²) in [5.74, 6) is -0.389. The maximum Gasteiger partial charge on any atom is 0.330 e. The van der Waals surface area contributed by atoms with Gasteiger partial charge in [0.15, 0.2) is 5.75 Å². The van der Waals surface area contributed by atoms with Crippen LogP contribution in [0.1, 0.15) is 11.1 Å². The van der Waals surface area contributed by atoms with Crippen LogP contribution in [0.2, 0.25) is 5.02 Å². The lowest BCUT2D eigenvalue weighted by atomic mass is 10.2. The van der Waals surface area contributed by atoms with E-state index in [0.717, 1.165) is 0 Å². The predicted molar refractivity (Wildman–Crippen MR) is 90.9 cm³/mol. The topological polar surface area (TPSA) is 35.5 Å². The summed E-state index contributed by atoms with van der Waals surface area (Å²) in [7, 11) is 1.30. The number of esters is 1. The Morgan fingerprint density at radius 2 is 2.09 bits per heavy atom. The van der Waals surface area contributed by atoms with Gasteiger partial charge >= 0.3 is 5.97 Å². The minimum Gasteiger partial charge on any atom is -0.486 e. The number of carbonyl (C=O) groups is 1. The fourth-order valence-electron chi connectivity index (χ4n) is 1.81. The molecule has 2 aromatic rings. The number of methoxy groups -OCH3 is 1. The average Bonchev–Trinajstić information content (AvgIpc) is 2.53. The molecule has 0 aliphatic carbocycles. The van der Waals surface area contributed by atoms with Gasteiger partial charge in [-0.15, -0.1) is 0 Å². The van der Waals surface area contributed by atoms with Crippen LogP contribution in [0.5, 0.6) is 5.75 Å². The largest absolute Gasteiger partial charge is 0.486 e. The fraction of sp³-hybridized carbons (Fsp3) is 0.118. The number of hydrogen-bond acceptors (Lipinski definition) is 3. The molecule has 0 aliphatic rings. The molecule has 0 bridgehead atoms. The number of rotatable bonds is 5. The van der Waals surface area contributed by atoms with Gasteiger partial charge in [-0.25, -0.2) is 9.18 Å². The molecule has 6 heteroatoms. The number of carbonyl (C=O) groups excluding carboxylic acids is 1. The molecule has 2 rings (SSSR count). The average molecular weight is 400 g/mol. The van der Waals surface area contributed by atoms with Gasteiger partial charge in [0.2, 0.25) is 0 Å². The Morgan fingerprint density at radius 1 is 1.35 bits per heavy atom. The van der Waals surface area contributed by atoms with Gasteiger partial charge in [0.1, 0.15) is 12.4 Å². The Balaban J connectivity index is 2.16. The highest BCUT2D eigenvalue weighted by Gasteiger charge is 2.10. The summed E-state index contributed by atoms with van der Waals surface area (Å²) in [5.41, 5.74) is 1.13. The predicted octanol–water partition coefficient (Wildman–Crippen LogP) is 5.01. The summed E-state index contributed by atoms with van der Waals surface area (Å²) >= 11 is 9.55. The minimum atomic E-state index is -0.461. The van der Waals surface area contributed by atoms with Crippen molar-refractivity contribution in [3.8, 4) is 5.75 Å². The van der Waals surface area contributed by atoms with Gasteiger partial charge in [-0.1, -0.05) is 29.8 Å². The SMILES string of the molecule is COC(=O)/C=C/c1cc(Cl)c(OCc2ccccc2F)c(Br)c1. The molecule has 0 aliphatic heterocycles. The Labute approximate surface area is 146 Å². The molecule has 23 heavy (non-hydrogen) atoms. The number of halogens is 3. The minimum absolute atomic E-state index is 0.0579. The summed E-state index contributed by atoms with van der Waals surface area (Å²) in [6.07, 6.45) is 2.86. The molecule has 0 fully saturated rings. The van der Waals surface area contributed by atoms with Gasteiger partial charge in [0.25, 0.3) is 0 Å². The van der Waals surface area contributed by atoms with E-state index in [0.29, 0.717) is 26.4 Å². The van der Waals surface area contributed by atoms with Gasteiger partial charge in [-0.2, -0.15) is 0 Å². The second-order valence-electron chi connectivity index (χ2n) is 4.55. The van der Waals surface area contributed by atoms with Gasteiger partial charge in [-0.05, 0) is 45.8 Å². The maximum absolute atomic E-state index is 13.6. The molecule has 2 aromatic carbocycles. The van der Waals surface area contributed by atoms with Crippen LogP contribution < -0.4 is 4.74 Å². The van der Waals surface area contributed by atoms with Gasteiger partial charge < -0.3 is 9.47 Å². The van der Waals surface area contributed by atoms with Crippen molar-refractivity contribution in [2.24, 2.45) is 0 Å². The van der Waals surface area contributed by atoms with Crippen LogP contribution in [0, 0.1) is 5.82 Å². The molecule has 0 amide bonds. The molecule has 0 heterocycles. The monoisotopic (exact) mass is 398 g/mol. The molecular weight excluding hydrogens is 387 g/mol. The first-order valence-corrected chi connectivity index (χ1v) is 7.79. The van der Waals surface area contributed by atoms with Crippen molar-refractivity contribution in [1.82, 2.24) is 0 Å². The Morgan fingerprint density at radius 3 is 2.74 bits per heavy atom. The quantitative estimate of drug-likeness (QED) is 0.524. The molecular formula is C17H13BrClFO3. The van der Waals surface area contributed by atoms with Crippen molar-refractivity contribution in [1.29, 1.82) is 0 Å². The molecule has 0 saturated carbocycles. The highest BCUT2D eigenvalue weighted by atomic mass is 79.9. The van der Waals surface area contributed by atoms with Crippen molar-refractivity contribution in [2.45, 2.75) is 6.61 Å². The van der Waals surface area contributed by atoms with Crippen molar-refractivity contribution in [3.63, 3.8) is 0 Å². The molecule has 0 N–H and O–H groups in total. The van der Waals surface area contributed by atoms with E-state index in [2.05, 4.69) is 20.7 Å². The van der Waals surface area contributed by atoms with E-state index >= 15 is 0 Å². The lowest BCUT2D eigenvalue weighted by molar-refractivity contribution is -0.134. The van der Waals surface area contributed by atoms with Gasteiger partial charge in [0.05, 0.1) is 16.6 Å². The van der Waals surface area contributed by atoms with Gasteiger partial charge in [-0.3, -0.25) is 0 Å². The molecule has 0 radical (unpaired) electrons. The highest BCUT2D eigenvalue weighted by molar-refractivity contribution is 9.10. The Kier molecular flexibility index (Phi) is 6.19. The molecule has 0 spiro atoms. The first kappa shape index (κ1) is 17.5. The first-order valence-electron chi connectivity index (χ1n) is 6.62. The molecule has 0 unspecified atom stereocenters. The highest BCUT2D eigenvalue weighted by Crippen LogP contribution is 2.35. The van der Waals surface area contributed by atoms with E-state index in [-0.39, 0.29) is 12.4 Å². The first-order chi connectivity index (χ1) is 11.0. The molecule has 3 nitrogen and oxygen atoms in total. The van der Waals surface area contributed by atoms with E-state index in [1.165, 1.54) is 19.3 Å². The second kappa shape index (κ2) is 8.13. The van der Waals surface area contributed by atoms with E-state index in [4.69, 9.17) is 16.3 Å². The van der Waals surface area contributed by atoms with Gasteiger partial charge in [0, 0.05) is 11.6 Å². The van der Waals surface area contributed by atoms with Crippen LogP contribution >= 0.6 is 27.5 Å².